The summed E-state index contributed by atoms with van der Waals surface area (Å²) in [5.41, 5.74) is 0.376. The smallest absolute Gasteiger partial charge is 0.220 e. The topological polar surface area (TPSA) is 29.1 Å². The van der Waals surface area contributed by atoms with Crippen molar-refractivity contribution < 1.29 is 4.79 Å². The second-order valence-corrected chi connectivity index (χ2v) is 5.39. The van der Waals surface area contributed by atoms with Gasteiger partial charge in [0.25, 0.3) is 0 Å². The highest BCUT2D eigenvalue weighted by Gasteiger charge is 2.24. The first kappa shape index (κ1) is 14.3. The lowest BCUT2D eigenvalue weighted by Gasteiger charge is -2.28. The van der Waals surface area contributed by atoms with E-state index in [2.05, 4.69) is 5.32 Å². The van der Waals surface area contributed by atoms with E-state index < -0.39 is 5.54 Å². The third kappa shape index (κ3) is 3.90. The molecule has 2 nitrogen and oxygen atoms in total. The first-order valence-corrected chi connectivity index (χ1v) is 6.39. The third-order valence-corrected chi connectivity index (χ3v) is 3.08. The minimum atomic E-state index is -0.492. The summed E-state index contributed by atoms with van der Waals surface area (Å²) in [6, 6.07) is 5.31. The fourth-order valence-corrected chi connectivity index (χ4v) is 2.35. The van der Waals surface area contributed by atoms with E-state index in [0.717, 1.165) is 12.0 Å². The van der Waals surface area contributed by atoms with Crippen LogP contribution < -0.4 is 5.32 Å². The van der Waals surface area contributed by atoms with Crippen molar-refractivity contribution in [3.8, 4) is 0 Å². The van der Waals surface area contributed by atoms with Gasteiger partial charge < -0.3 is 5.32 Å². The summed E-state index contributed by atoms with van der Waals surface area (Å²) in [5, 5.41) is 4.13. The first-order chi connectivity index (χ1) is 7.86. The highest BCUT2D eigenvalue weighted by atomic mass is 35.5. The van der Waals surface area contributed by atoms with Crippen molar-refractivity contribution in [3.05, 3.63) is 33.8 Å². The Morgan fingerprint density at radius 3 is 2.53 bits per heavy atom. The predicted molar refractivity (Wildman–Crippen MR) is 72.5 cm³/mol. The number of amides is 1. The number of nitrogens with one attached hydrogen (secondary N) is 1. The lowest BCUT2D eigenvalue weighted by molar-refractivity contribution is -0.122. The van der Waals surface area contributed by atoms with Gasteiger partial charge in [0.05, 0.1) is 5.54 Å². The molecule has 0 heterocycles. The van der Waals surface area contributed by atoms with E-state index in [1.165, 1.54) is 0 Å². The van der Waals surface area contributed by atoms with Gasteiger partial charge in [-0.05, 0) is 38.0 Å². The molecule has 1 amide bonds. The van der Waals surface area contributed by atoms with Gasteiger partial charge in [-0.2, -0.15) is 0 Å². The van der Waals surface area contributed by atoms with Crippen LogP contribution >= 0.6 is 23.2 Å². The first-order valence-electron chi connectivity index (χ1n) is 5.63. The molecule has 1 rings (SSSR count). The molecule has 0 radical (unpaired) electrons. The number of rotatable bonds is 4. The third-order valence-electron chi connectivity index (χ3n) is 2.53. The van der Waals surface area contributed by atoms with E-state index in [1.807, 2.05) is 26.8 Å². The molecule has 94 valence electrons. The Kier molecular flexibility index (Phi) is 4.84. The molecule has 0 aliphatic heterocycles. The molecule has 0 atom stereocenters. The fourth-order valence-electron chi connectivity index (χ4n) is 1.70. The molecule has 1 N–H and O–H groups in total. The molecule has 0 bridgehead atoms. The Balaban J connectivity index is 2.92. The zero-order chi connectivity index (χ0) is 13.1. The quantitative estimate of drug-likeness (QED) is 0.878. The zero-order valence-electron chi connectivity index (χ0n) is 10.3. The summed E-state index contributed by atoms with van der Waals surface area (Å²) in [6.45, 7) is 5.83. The fraction of sp³-hybridized carbons (Fsp3) is 0.462. The second-order valence-electron chi connectivity index (χ2n) is 4.55. The average Bonchev–Trinajstić information content (AvgIpc) is 2.15. The van der Waals surface area contributed by atoms with Gasteiger partial charge in [0, 0.05) is 16.5 Å². The van der Waals surface area contributed by atoms with Crippen LogP contribution in [0.25, 0.3) is 0 Å². The summed E-state index contributed by atoms with van der Waals surface area (Å²) in [4.78, 5) is 11.6. The lowest BCUT2D eigenvalue weighted by Crippen LogP contribution is -2.41. The Morgan fingerprint density at radius 1 is 1.35 bits per heavy atom. The molecule has 17 heavy (non-hydrogen) atoms. The Hall–Kier alpha value is -0.730. The Bertz CT molecular complexity index is 416. The van der Waals surface area contributed by atoms with Gasteiger partial charge >= 0.3 is 0 Å². The zero-order valence-corrected chi connectivity index (χ0v) is 11.8. The van der Waals surface area contributed by atoms with Crippen LogP contribution in [0.2, 0.25) is 10.0 Å². The van der Waals surface area contributed by atoms with Crippen molar-refractivity contribution >= 4 is 29.1 Å². The van der Waals surface area contributed by atoms with Crippen LogP contribution in [0.15, 0.2) is 18.2 Å². The number of hydrogen-bond acceptors (Lipinski definition) is 1. The minimum absolute atomic E-state index is 0.0310. The number of benzene rings is 1. The molecule has 0 saturated heterocycles. The summed E-state index contributed by atoms with van der Waals surface area (Å²) in [6.07, 6.45) is 1.35. The number of carbonyl (C=O) groups excluding carboxylic acids is 1. The van der Waals surface area contributed by atoms with Gasteiger partial charge in [0.15, 0.2) is 0 Å². The van der Waals surface area contributed by atoms with Crippen LogP contribution in [0.3, 0.4) is 0 Å². The molecule has 0 spiro atoms. The summed E-state index contributed by atoms with van der Waals surface area (Å²) in [7, 11) is 0. The second kappa shape index (κ2) is 5.74. The SMILES string of the molecule is CCCC(=O)NC(C)(C)c1ccc(Cl)cc1Cl. The minimum Gasteiger partial charge on any atom is -0.347 e. The highest BCUT2D eigenvalue weighted by Crippen LogP contribution is 2.30. The molecule has 0 saturated carbocycles. The van der Waals surface area contributed by atoms with Crippen molar-refractivity contribution in [1.82, 2.24) is 5.32 Å². The van der Waals surface area contributed by atoms with Crippen LogP contribution in [0.5, 0.6) is 0 Å². The van der Waals surface area contributed by atoms with Crippen LogP contribution in [0.4, 0.5) is 0 Å². The van der Waals surface area contributed by atoms with Crippen molar-refractivity contribution in [3.63, 3.8) is 0 Å². The summed E-state index contributed by atoms with van der Waals surface area (Å²) < 4.78 is 0. The maximum atomic E-state index is 11.6. The van der Waals surface area contributed by atoms with E-state index in [4.69, 9.17) is 23.2 Å². The van der Waals surface area contributed by atoms with E-state index in [9.17, 15) is 4.79 Å². The Labute approximate surface area is 112 Å². The molecule has 0 aliphatic carbocycles. The van der Waals surface area contributed by atoms with E-state index in [1.54, 1.807) is 12.1 Å². The van der Waals surface area contributed by atoms with Crippen LogP contribution in [-0.2, 0) is 10.3 Å². The van der Waals surface area contributed by atoms with Crippen LogP contribution in [0, 0.1) is 0 Å². The molecule has 1 aromatic carbocycles. The number of halogens is 2. The Morgan fingerprint density at radius 2 is 2.00 bits per heavy atom. The normalized spacial score (nSPS) is 11.4. The monoisotopic (exact) mass is 273 g/mol. The molecule has 0 aromatic heterocycles. The predicted octanol–water partition coefficient (Wildman–Crippen LogP) is 4.14. The summed E-state index contributed by atoms with van der Waals surface area (Å²) >= 11 is 12.0. The van der Waals surface area contributed by atoms with Crippen molar-refractivity contribution in [2.24, 2.45) is 0 Å². The van der Waals surface area contributed by atoms with Crippen LogP contribution in [-0.4, -0.2) is 5.91 Å². The average molecular weight is 274 g/mol. The number of hydrogen-bond donors (Lipinski definition) is 1. The van der Waals surface area contributed by atoms with Crippen molar-refractivity contribution in [1.29, 1.82) is 0 Å². The number of carbonyl (C=O) groups is 1. The van der Waals surface area contributed by atoms with Gasteiger partial charge in [-0.3, -0.25) is 4.79 Å². The van der Waals surface area contributed by atoms with Gasteiger partial charge in [-0.25, -0.2) is 0 Å². The molecular weight excluding hydrogens is 257 g/mol. The molecular formula is C13H17Cl2NO. The van der Waals surface area contributed by atoms with Crippen molar-refractivity contribution in [2.75, 3.05) is 0 Å². The van der Waals surface area contributed by atoms with Crippen molar-refractivity contribution in [2.45, 2.75) is 39.2 Å². The van der Waals surface area contributed by atoms with Gasteiger partial charge in [0.2, 0.25) is 5.91 Å². The molecule has 0 aliphatic rings. The largest absolute Gasteiger partial charge is 0.347 e. The maximum Gasteiger partial charge on any atom is 0.220 e. The molecule has 0 unspecified atom stereocenters. The van der Waals surface area contributed by atoms with E-state index >= 15 is 0 Å². The molecule has 4 heteroatoms. The lowest BCUT2D eigenvalue weighted by atomic mass is 9.94. The van der Waals surface area contributed by atoms with E-state index in [-0.39, 0.29) is 5.91 Å². The van der Waals surface area contributed by atoms with Gasteiger partial charge in [-0.1, -0.05) is 36.2 Å². The van der Waals surface area contributed by atoms with Crippen LogP contribution in [0.1, 0.15) is 39.2 Å². The maximum absolute atomic E-state index is 11.6. The van der Waals surface area contributed by atoms with Gasteiger partial charge in [0.1, 0.15) is 0 Å². The molecule has 0 fully saturated rings. The standard InChI is InChI=1S/C13H17Cl2NO/c1-4-5-12(17)16-13(2,3)10-7-6-9(14)8-11(10)15/h6-8H,4-5H2,1-3H3,(H,16,17). The summed E-state index contributed by atoms with van der Waals surface area (Å²) in [5.74, 6) is 0.0310. The van der Waals surface area contributed by atoms with E-state index in [0.29, 0.717) is 16.5 Å². The highest BCUT2D eigenvalue weighted by molar-refractivity contribution is 6.35. The molecule has 1 aromatic rings. The van der Waals surface area contributed by atoms with Gasteiger partial charge in [-0.15, -0.1) is 0 Å².